The van der Waals surface area contributed by atoms with Crippen LogP contribution in [0.4, 0.5) is 5.88 Å². The number of furan rings is 1. The molecule has 0 aliphatic heterocycles. The molecule has 17 heavy (non-hydrogen) atoms. The van der Waals surface area contributed by atoms with Crippen LogP contribution < -0.4 is 11.2 Å². The normalized spacial score (nSPS) is 11.6. The third-order valence-electron chi connectivity index (χ3n) is 1.35. The molecule has 0 unspecified atom stereocenters. The molecule has 1 aromatic heterocycles. The van der Waals surface area contributed by atoms with Gasteiger partial charge in [0, 0.05) is 0 Å². The number of hydrazine groups is 1. The summed E-state index contributed by atoms with van der Waals surface area (Å²) in [5, 5.41) is 25.8. The Morgan fingerprint density at radius 1 is 1.47 bits per heavy atom. The average Bonchev–Trinajstić information content (AvgIpc) is 2.65. The number of nitrogens with one attached hydrogen (secondary N) is 1. The zero-order valence-corrected chi connectivity index (χ0v) is 8.14. The summed E-state index contributed by atoms with van der Waals surface area (Å²) in [4.78, 5) is 19.4. The number of nitrogens with two attached hydrogens (primary N) is 1. The van der Waals surface area contributed by atoms with Crippen LogP contribution in [0, 0.1) is 20.2 Å². The first kappa shape index (κ1) is 12.1. The summed E-state index contributed by atoms with van der Waals surface area (Å²) in [5.74, 6) is -0.923. The lowest BCUT2D eigenvalue weighted by Gasteiger charge is -1.90. The Morgan fingerprint density at radius 2 is 2.18 bits per heavy atom. The van der Waals surface area contributed by atoms with Crippen molar-refractivity contribution in [3.05, 3.63) is 38.1 Å². The quantitative estimate of drug-likeness (QED) is 0.314. The third-order valence-corrected chi connectivity index (χ3v) is 1.35. The molecule has 0 saturated carbocycles. The van der Waals surface area contributed by atoms with Gasteiger partial charge in [-0.1, -0.05) is 5.43 Å². The van der Waals surface area contributed by atoms with Gasteiger partial charge in [-0.25, -0.2) is 10.1 Å². The highest BCUT2D eigenvalue weighted by molar-refractivity contribution is 5.79. The minimum absolute atomic E-state index is 0.0642. The van der Waals surface area contributed by atoms with Gasteiger partial charge in [-0.3, -0.25) is 10.1 Å². The van der Waals surface area contributed by atoms with Crippen LogP contribution in [-0.2, 0) is 0 Å². The van der Waals surface area contributed by atoms with Crippen LogP contribution in [0.1, 0.15) is 5.76 Å². The highest BCUT2D eigenvalue weighted by atomic mass is 16.7. The minimum atomic E-state index is -0.911. The van der Waals surface area contributed by atoms with Gasteiger partial charge in [-0.05, 0) is 6.07 Å². The average molecular weight is 242 g/mol. The first-order valence-corrected chi connectivity index (χ1v) is 4.01. The van der Waals surface area contributed by atoms with E-state index in [0.717, 1.165) is 12.3 Å². The van der Waals surface area contributed by atoms with Crippen molar-refractivity contribution >= 4 is 18.1 Å². The Labute approximate surface area is 92.9 Å². The molecule has 1 rings (SSSR count). The summed E-state index contributed by atoms with van der Waals surface area (Å²) < 4.78 is 4.70. The smallest absolute Gasteiger partial charge is 0.400 e. The molecule has 0 atom stereocenters. The van der Waals surface area contributed by atoms with E-state index in [0.29, 0.717) is 0 Å². The molecule has 0 aromatic carbocycles. The van der Waals surface area contributed by atoms with Crippen molar-refractivity contribution in [3.8, 4) is 0 Å². The Balaban J connectivity index is 2.64. The second-order valence-corrected chi connectivity index (χ2v) is 2.53. The lowest BCUT2D eigenvalue weighted by molar-refractivity contribution is -0.525. The zero-order valence-electron chi connectivity index (χ0n) is 8.14. The molecule has 0 spiro atoms. The third kappa shape index (κ3) is 3.94. The highest BCUT2D eigenvalue weighted by Gasteiger charge is 2.10. The summed E-state index contributed by atoms with van der Waals surface area (Å²) in [5.41, 5.74) is 6.59. The number of hydrogen-bond donors (Lipinski definition) is 2. The SMILES string of the molecule is N/C(=N/N=C/c1ccc([N+](=O)[O-])o1)N[N+](=O)[O-]. The molecule has 0 fully saturated rings. The van der Waals surface area contributed by atoms with Crippen LogP contribution >= 0.6 is 0 Å². The molecular formula is C6H6N6O5. The number of hydrogen-bond acceptors (Lipinski definition) is 7. The fourth-order valence-electron chi connectivity index (χ4n) is 0.774. The molecule has 0 saturated heterocycles. The van der Waals surface area contributed by atoms with E-state index in [-0.39, 0.29) is 5.76 Å². The van der Waals surface area contributed by atoms with E-state index in [1.165, 1.54) is 6.07 Å². The van der Waals surface area contributed by atoms with Crippen LogP contribution in [-0.4, -0.2) is 22.1 Å². The largest absolute Gasteiger partial charge is 0.433 e. The molecule has 1 aromatic rings. The molecular weight excluding hydrogens is 236 g/mol. The van der Waals surface area contributed by atoms with Crippen LogP contribution in [0.15, 0.2) is 26.8 Å². The highest BCUT2D eigenvalue weighted by Crippen LogP contribution is 2.13. The molecule has 11 heteroatoms. The zero-order chi connectivity index (χ0) is 12.8. The van der Waals surface area contributed by atoms with Crippen LogP contribution in [0.3, 0.4) is 0 Å². The summed E-state index contributed by atoms with van der Waals surface area (Å²) in [6.07, 6.45) is 1.02. The maximum absolute atomic E-state index is 10.3. The van der Waals surface area contributed by atoms with Gasteiger partial charge in [-0.15, -0.1) is 5.10 Å². The predicted molar refractivity (Wildman–Crippen MR) is 54.7 cm³/mol. The monoisotopic (exact) mass is 242 g/mol. The van der Waals surface area contributed by atoms with Crippen molar-refractivity contribution < 1.29 is 14.4 Å². The summed E-state index contributed by atoms with van der Waals surface area (Å²) in [6.45, 7) is 0. The molecule has 90 valence electrons. The van der Waals surface area contributed by atoms with E-state index < -0.39 is 21.8 Å². The lowest BCUT2D eigenvalue weighted by atomic mass is 10.5. The number of nitrogens with zero attached hydrogens (tertiary/aromatic N) is 4. The van der Waals surface area contributed by atoms with Gasteiger partial charge in [0.15, 0.2) is 10.8 Å². The standard InChI is InChI=1S/C6H6N6O5/c7-6(10-12(15)16)9-8-3-4-1-2-5(17-4)11(13)14/h1-3H,(H3,7,9,10)/b8-3+. The van der Waals surface area contributed by atoms with Crippen molar-refractivity contribution in [3.63, 3.8) is 0 Å². The number of guanidine groups is 1. The van der Waals surface area contributed by atoms with E-state index in [1.807, 2.05) is 0 Å². The summed E-state index contributed by atoms with van der Waals surface area (Å²) >= 11 is 0. The minimum Gasteiger partial charge on any atom is -0.400 e. The van der Waals surface area contributed by atoms with Gasteiger partial charge < -0.3 is 10.2 Å². The maximum atomic E-state index is 10.3. The molecule has 0 aliphatic rings. The molecule has 11 nitrogen and oxygen atoms in total. The molecule has 0 bridgehead atoms. The Morgan fingerprint density at radius 3 is 2.71 bits per heavy atom. The first-order chi connectivity index (χ1) is 7.99. The first-order valence-electron chi connectivity index (χ1n) is 4.01. The van der Waals surface area contributed by atoms with Crippen LogP contribution in [0.5, 0.6) is 0 Å². The van der Waals surface area contributed by atoms with Gasteiger partial charge in [0.05, 0.1) is 12.3 Å². The number of rotatable bonds is 4. The molecule has 0 radical (unpaired) electrons. The van der Waals surface area contributed by atoms with E-state index in [1.54, 1.807) is 5.43 Å². The van der Waals surface area contributed by atoms with Crippen molar-refractivity contribution in [1.29, 1.82) is 0 Å². The molecule has 0 aliphatic carbocycles. The maximum Gasteiger partial charge on any atom is 0.433 e. The summed E-state index contributed by atoms with van der Waals surface area (Å²) in [6, 6.07) is 2.41. The van der Waals surface area contributed by atoms with E-state index in [2.05, 4.69) is 10.2 Å². The number of nitro groups is 2. The van der Waals surface area contributed by atoms with Gasteiger partial charge in [0.25, 0.3) is 5.96 Å². The van der Waals surface area contributed by atoms with Gasteiger partial charge in [-0.2, -0.15) is 5.10 Å². The van der Waals surface area contributed by atoms with Gasteiger partial charge in [0.1, 0.15) is 4.92 Å². The van der Waals surface area contributed by atoms with Gasteiger partial charge >= 0.3 is 5.88 Å². The van der Waals surface area contributed by atoms with Gasteiger partial charge in [0.2, 0.25) is 0 Å². The summed E-state index contributed by atoms with van der Waals surface area (Å²) in [7, 11) is 0. The second-order valence-electron chi connectivity index (χ2n) is 2.53. The Hall–Kier alpha value is -2.98. The van der Waals surface area contributed by atoms with Crippen molar-refractivity contribution in [1.82, 2.24) is 5.43 Å². The van der Waals surface area contributed by atoms with E-state index in [4.69, 9.17) is 10.2 Å². The van der Waals surface area contributed by atoms with E-state index >= 15 is 0 Å². The van der Waals surface area contributed by atoms with Crippen molar-refractivity contribution in [2.24, 2.45) is 15.9 Å². The fourth-order valence-corrected chi connectivity index (χ4v) is 0.774. The topological polar surface area (TPSA) is 162 Å². The predicted octanol–water partition coefficient (Wildman–Crippen LogP) is -0.382. The Bertz CT molecular complexity index is 491. The van der Waals surface area contributed by atoms with E-state index in [9.17, 15) is 20.2 Å². The molecule has 3 N–H and O–H groups in total. The second kappa shape index (κ2) is 5.20. The fraction of sp³-hybridized carbons (Fsp3) is 0. The van der Waals surface area contributed by atoms with Crippen molar-refractivity contribution in [2.75, 3.05) is 0 Å². The van der Waals surface area contributed by atoms with Crippen LogP contribution in [0.2, 0.25) is 0 Å². The molecule has 1 heterocycles. The lowest BCUT2D eigenvalue weighted by Crippen LogP contribution is -2.35. The Kier molecular flexibility index (Phi) is 3.70. The molecule has 0 amide bonds. The van der Waals surface area contributed by atoms with Crippen molar-refractivity contribution in [2.45, 2.75) is 0 Å². The van der Waals surface area contributed by atoms with Crippen LogP contribution in [0.25, 0.3) is 0 Å².